The minimum Gasteiger partial charge on any atom is -0.361 e. The number of aryl methyl sites for hydroxylation is 1. The van der Waals surface area contributed by atoms with Crippen LogP contribution < -0.4 is 0 Å². The van der Waals surface area contributed by atoms with Crippen LogP contribution in [0.25, 0.3) is 0 Å². The molecule has 6 nitrogen and oxygen atoms in total. The number of aromatic nitrogens is 5. The highest BCUT2D eigenvalue weighted by atomic mass is 32.2. The Kier molecular flexibility index (Phi) is 2.26. The van der Waals surface area contributed by atoms with E-state index >= 15 is 0 Å². The molecule has 2 rings (SSSR count). The monoisotopic (exact) mass is 197 g/mol. The molecule has 2 heterocycles. The van der Waals surface area contributed by atoms with Gasteiger partial charge in [0.05, 0.1) is 11.9 Å². The Morgan fingerprint density at radius 3 is 3.15 bits per heavy atom. The molecule has 13 heavy (non-hydrogen) atoms. The van der Waals surface area contributed by atoms with Gasteiger partial charge in [0.1, 0.15) is 5.76 Å². The summed E-state index contributed by atoms with van der Waals surface area (Å²) in [6.45, 7) is 0. The summed E-state index contributed by atoms with van der Waals surface area (Å²) in [6, 6.07) is 1.82. The molecule has 7 heteroatoms. The van der Waals surface area contributed by atoms with Crippen LogP contribution >= 0.6 is 11.8 Å². The van der Waals surface area contributed by atoms with Crippen molar-refractivity contribution in [1.29, 1.82) is 0 Å². The summed E-state index contributed by atoms with van der Waals surface area (Å²) in [7, 11) is 1.79. The van der Waals surface area contributed by atoms with E-state index in [1.165, 1.54) is 11.8 Å². The molecule has 0 saturated heterocycles. The molecule has 0 bridgehead atoms. The van der Waals surface area contributed by atoms with Crippen molar-refractivity contribution >= 4 is 11.8 Å². The maximum atomic E-state index is 4.92. The zero-order valence-electron chi connectivity index (χ0n) is 6.91. The molecule has 0 radical (unpaired) electrons. The standard InChI is InChI=1S/C6H7N5OS/c1-11-6(8-9-10-11)13-4-5-2-3-7-12-5/h2-3H,4H2,1H3. The van der Waals surface area contributed by atoms with Gasteiger partial charge in [0.25, 0.3) is 0 Å². The smallest absolute Gasteiger partial charge is 0.209 e. The van der Waals surface area contributed by atoms with Crippen molar-refractivity contribution in [2.45, 2.75) is 10.9 Å². The topological polar surface area (TPSA) is 69.6 Å². The predicted molar refractivity (Wildman–Crippen MR) is 44.9 cm³/mol. The van der Waals surface area contributed by atoms with Gasteiger partial charge in [0.15, 0.2) is 0 Å². The van der Waals surface area contributed by atoms with Crippen molar-refractivity contribution in [2.24, 2.45) is 7.05 Å². The lowest BCUT2D eigenvalue weighted by molar-refractivity contribution is 0.395. The van der Waals surface area contributed by atoms with Gasteiger partial charge < -0.3 is 4.52 Å². The van der Waals surface area contributed by atoms with Gasteiger partial charge in [-0.25, -0.2) is 4.68 Å². The van der Waals surface area contributed by atoms with Crippen LogP contribution in [0.3, 0.4) is 0 Å². The van der Waals surface area contributed by atoms with E-state index in [2.05, 4.69) is 20.7 Å². The third-order valence-corrected chi connectivity index (χ3v) is 2.45. The van der Waals surface area contributed by atoms with Crippen LogP contribution in [0.15, 0.2) is 21.9 Å². The Morgan fingerprint density at radius 1 is 1.62 bits per heavy atom. The summed E-state index contributed by atoms with van der Waals surface area (Å²) < 4.78 is 6.54. The molecule has 0 aliphatic carbocycles. The quantitative estimate of drug-likeness (QED) is 0.667. The van der Waals surface area contributed by atoms with Crippen LogP contribution in [0.4, 0.5) is 0 Å². The van der Waals surface area contributed by atoms with Crippen LogP contribution in [0.2, 0.25) is 0 Å². The molecular formula is C6H7N5OS. The summed E-state index contributed by atoms with van der Waals surface area (Å²) in [5, 5.41) is 15.4. The molecule has 0 spiro atoms. The van der Waals surface area contributed by atoms with E-state index in [0.29, 0.717) is 5.75 Å². The molecule has 0 saturated carbocycles. The molecule has 0 aromatic carbocycles. The Balaban J connectivity index is 1.97. The molecule has 2 aromatic heterocycles. The lowest BCUT2D eigenvalue weighted by atomic mass is 10.5. The van der Waals surface area contributed by atoms with Crippen molar-refractivity contribution in [3.8, 4) is 0 Å². The summed E-state index contributed by atoms with van der Waals surface area (Å²) in [5.74, 6) is 1.50. The van der Waals surface area contributed by atoms with Crippen molar-refractivity contribution in [3.05, 3.63) is 18.0 Å². The molecule has 2 aromatic rings. The Labute approximate surface area is 78.3 Å². The van der Waals surface area contributed by atoms with Crippen LogP contribution in [-0.4, -0.2) is 25.4 Å². The number of hydrogen-bond donors (Lipinski definition) is 0. The highest BCUT2D eigenvalue weighted by Crippen LogP contribution is 2.18. The zero-order chi connectivity index (χ0) is 9.10. The number of thioether (sulfide) groups is 1. The van der Waals surface area contributed by atoms with E-state index in [1.807, 2.05) is 6.07 Å². The van der Waals surface area contributed by atoms with E-state index in [-0.39, 0.29) is 0 Å². The normalized spacial score (nSPS) is 10.5. The van der Waals surface area contributed by atoms with E-state index < -0.39 is 0 Å². The highest BCUT2D eigenvalue weighted by Gasteiger charge is 2.04. The first-order valence-corrected chi connectivity index (χ1v) is 4.59. The van der Waals surface area contributed by atoms with Gasteiger partial charge in [-0.1, -0.05) is 16.9 Å². The van der Waals surface area contributed by atoms with Gasteiger partial charge in [-0.3, -0.25) is 0 Å². The van der Waals surface area contributed by atoms with Gasteiger partial charge in [-0.05, 0) is 10.4 Å². The predicted octanol–water partition coefficient (Wildman–Crippen LogP) is 0.490. The minimum atomic E-state index is 0.689. The SMILES string of the molecule is Cn1nnnc1SCc1ccno1. The van der Waals surface area contributed by atoms with Crippen LogP contribution in [0.1, 0.15) is 5.76 Å². The van der Waals surface area contributed by atoms with Gasteiger partial charge >= 0.3 is 0 Å². The molecule has 0 atom stereocenters. The molecule has 0 aliphatic rings. The summed E-state index contributed by atoms with van der Waals surface area (Å²) >= 11 is 1.50. The second-order valence-electron chi connectivity index (χ2n) is 2.35. The molecule has 0 fully saturated rings. The van der Waals surface area contributed by atoms with E-state index in [9.17, 15) is 0 Å². The fourth-order valence-corrected chi connectivity index (χ4v) is 1.53. The number of nitrogens with zero attached hydrogens (tertiary/aromatic N) is 5. The molecule has 0 unspecified atom stereocenters. The van der Waals surface area contributed by atoms with Gasteiger partial charge in [-0.15, -0.1) is 5.10 Å². The Hall–Kier alpha value is -1.37. The molecule has 0 N–H and O–H groups in total. The number of tetrazole rings is 1. The number of rotatable bonds is 3. The second-order valence-corrected chi connectivity index (χ2v) is 3.29. The molecular weight excluding hydrogens is 190 g/mol. The number of hydrogen-bond acceptors (Lipinski definition) is 6. The second kappa shape index (κ2) is 3.56. The molecule has 0 amide bonds. The first-order valence-electron chi connectivity index (χ1n) is 3.61. The van der Waals surface area contributed by atoms with E-state index in [1.54, 1.807) is 17.9 Å². The molecule has 68 valence electrons. The zero-order valence-corrected chi connectivity index (χ0v) is 7.73. The third kappa shape index (κ3) is 1.86. The fourth-order valence-electron chi connectivity index (χ4n) is 0.796. The summed E-state index contributed by atoms with van der Waals surface area (Å²) in [4.78, 5) is 0. The van der Waals surface area contributed by atoms with Crippen molar-refractivity contribution in [1.82, 2.24) is 25.4 Å². The van der Waals surface area contributed by atoms with Gasteiger partial charge in [-0.2, -0.15) is 0 Å². The van der Waals surface area contributed by atoms with E-state index in [4.69, 9.17) is 4.52 Å². The first-order chi connectivity index (χ1) is 6.36. The minimum absolute atomic E-state index is 0.689. The Bertz CT molecular complexity index is 370. The van der Waals surface area contributed by atoms with Crippen LogP contribution in [-0.2, 0) is 12.8 Å². The Morgan fingerprint density at radius 2 is 2.54 bits per heavy atom. The molecule has 0 aliphatic heterocycles. The van der Waals surface area contributed by atoms with Crippen molar-refractivity contribution in [2.75, 3.05) is 0 Å². The highest BCUT2D eigenvalue weighted by molar-refractivity contribution is 7.98. The lowest BCUT2D eigenvalue weighted by Crippen LogP contribution is -1.92. The van der Waals surface area contributed by atoms with Crippen LogP contribution in [0, 0.1) is 0 Å². The maximum absolute atomic E-state index is 4.92. The lowest BCUT2D eigenvalue weighted by Gasteiger charge is -1.94. The van der Waals surface area contributed by atoms with Gasteiger partial charge in [0.2, 0.25) is 5.16 Å². The third-order valence-electron chi connectivity index (χ3n) is 1.42. The van der Waals surface area contributed by atoms with E-state index in [0.717, 1.165) is 10.9 Å². The maximum Gasteiger partial charge on any atom is 0.209 e. The van der Waals surface area contributed by atoms with Crippen molar-refractivity contribution < 1.29 is 4.52 Å². The van der Waals surface area contributed by atoms with Gasteiger partial charge in [0, 0.05) is 13.1 Å². The first kappa shape index (κ1) is 8.24. The fraction of sp³-hybridized carbons (Fsp3) is 0.333. The van der Waals surface area contributed by atoms with Crippen LogP contribution in [0.5, 0.6) is 0 Å². The summed E-state index contributed by atoms with van der Waals surface area (Å²) in [6.07, 6.45) is 1.62. The van der Waals surface area contributed by atoms with Crippen molar-refractivity contribution in [3.63, 3.8) is 0 Å². The average Bonchev–Trinajstić information content (AvgIpc) is 2.72. The summed E-state index contributed by atoms with van der Waals surface area (Å²) in [5.41, 5.74) is 0. The largest absolute Gasteiger partial charge is 0.361 e. The average molecular weight is 197 g/mol.